The van der Waals surface area contributed by atoms with Crippen molar-refractivity contribution in [2.24, 2.45) is 0 Å². The number of rotatable bonds is 1. The zero-order valence-corrected chi connectivity index (χ0v) is 8.45. The third-order valence-corrected chi connectivity index (χ3v) is 3.05. The van der Waals surface area contributed by atoms with Gasteiger partial charge in [-0.2, -0.15) is 8.42 Å². The van der Waals surface area contributed by atoms with Gasteiger partial charge in [-0.3, -0.25) is 4.55 Å². The van der Waals surface area contributed by atoms with Gasteiger partial charge in [0, 0.05) is 12.1 Å². The second-order valence-corrected chi connectivity index (χ2v) is 4.52. The molecular weight excluding hydrogens is 218 g/mol. The van der Waals surface area contributed by atoms with Crippen molar-refractivity contribution in [2.45, 2.75) is 4.90 Å². The minimum absolute atomic E-state index is 0.0400. The number of fused-ring (bicyclic) bond motifs is 1. The third-order valence-electron chi connectivity index (χ3n) is 2.14. The molecule has 0 bridgehead atoms. The summed E-state index contributed by atoms with van der Waals surface area (Å²) in [5.41, 5.74) is 0.608. The highest BCUT2D eigenvalue weighted by atomic mass is 32.2. The Morgan fingerprint density at radius 1 is 1.33 bits per heavy atom. The van der Waals surface area contributed by atoms with Crippen molar-refractivity contribution in [1.82, 2.24) is 0 Å². The van der Waals surface area contributed by atoms with Crippen LogP contribution in [-0.2, 0) is 10.1 Å². The van der Waals surface area contributed by atoms with Gasteiger partial charge in [-0.1, -0.05) is 12.2 Å². The second kappa shape index (κ2) is 3.25. The fraction of sp³-hybridized carbons (Fsp3) is 0.111. The average Bonchev–Trinajstić information content (AvgIpc) is 2.17. The van der Waals surface area contributed by atoms with Crippen molar-refractivity contribution in [2.75, 3.05) is 11.9 Å². The molecule has 80 valence electrons. The Morgan fingerprint density at radius 2 is 2.07 bits per heavy atom. The van der Waals surface area contributed by atoms with Gasteiger partial charge in [0.2, 0.25) is 0 Å². The van der Waals surface area contributed by atoms with Crippen molar-refractivity contribution in [3.8, 4) is 5.75 Å². The van der Waals surface area contributed by atoms with E-state index in [0.29, 0.717) is 12.2 Å². The molecule has 0 aromatic heterocycles. The molecule has 0 fully saturated rings. The van der Waals surface area contributed by atoms with Gasteiger partial charge in [0.15, 0.2) is 0 Å². The summed E-state index contributed by atoms with van der Waals surface area (Å²) in [7, 11) is -4.26. The van der Waals surface area contributed by atoms with E-state index in [-0.39, 0.29) is 16.2 Å². The van der Waals surface area contributed by atoms with Crippen LogP contribution in [0.4, 0.5) is 5.69 Å². The molecule has 0 unspecified atom stereocenters. The van der Waals surface area contributed by atoms with Crippen molar-refractivity contribution in [3.63, 3.8) is 0 Å². The summed E-state index contributed by atoms with van der Waals surface area (Å²) in [6.07, 6.45) is 3.26. The van der Waals surface area contributed by atoms with E-state index in [0.717, 1.165) is 0 Å². The van der Waals surface area contributed by atoms with Crippen LogP contribution in [0.3, 0.4) is 0 Å². The highest BCUT2D eigenvalue weighted by Crippen LogP contribution is 2.35. The van der Waals surface area contributed by atoms with E-state index >= 15 is 0 Å². The topological polar surface area (TPSA) is 86.6 Å². The molecule has 0 saturated heterocycles. The molecule has 6 heteroatoms. The first-order valence-electron chi connectivity index (χ1n) is 4.24. The van der Waals surface area contributed by atoms with Gasteiger partial charge in [0.25, 0.3) is 10.1 Å². The molecule has 0 radical (unpaired) electrons. The van der Waals surface area contributed by atoms with Gasteiger partial charge >= 0.3 is 0 Å². The van der Waals surface area contributed by atoms with E-state index in [2.05, 4.69) is 5.32 Å². The molecule has 3 N–H and O–H groups in total. The Labute approximate surface area is 86.8 Å². The van der Waals surface area contributed by atoms with E-state index in [1.807, 2.05) is 0 Å². The summed E-state index contributed by atoms with van der Waals surface area (Å²) in [6.45, 7) is 0.509. The van der Waals surface area contributed by atoms with Gasteiger partial charge in [-0.15, -0.1) is 0 Å². The molecule has 0 atom stereocenters. The van der Waals surface area contributed by atoms with Crippen LogP contribution in [0.1, 0.15) is 5.56 Å². The van der Waals surface area contributed by atoms with Crippen LogP contribution in [0, 0.1) is 0 Å². The standard InChI is InChI=1S/C9H9NO4S/c11-7-3-4-8(15(12,13)14)6-2-1-5-10-9(6)7/h1-4,10-11H,5H2,(H,12,13,14). The maximum Gasteiger partial charge on any atom is 0.295 e. The lowest BCUT2D eigenvalue weighted by atomic mass is 10.1. The molecule has 5 nitrogen and oxygen atoms in total. The Hall–Kier alpha value is -1.53. The average molecular weight is 227 g/mol. The number of aromatic hydroxyl groups is 1. The maximum atomic E-state index is 11.0. The molecule has 0 spiro atoms. The lowest BCUT2D eigenvalue weighted by molar-refractivity contribution is 0.474. The number of phenolic OH excluding ortho intramolecular Hbond substituents is 1. The minimum atomic E-state index is -4.26. The molecule has 1 heterocycles. The number of phenols is 1. The number of hydrogen-bond acceptors (Lipinski definition) is 4. The molecule has 0 aliphatic carbocycles. The SMILES string of the molecule is O=S(=O)(O)c1ccc(O)c2c1C=CCN2. The molecule has 0 saturated carbocycles. The van der Waals surface area contributed by atoms with Crippen LogP contribution < -0.4 is 5.32 Å². The summed E-state index contributed by atoms with van der Waals surface area (Å²) < 4.78 is 31.0. The van der Waals surface area contributed by atoms with Crippen LogP contribution >= 0.6 is 0 Å². The molecule has 1 aliphatic heterocycles. The van der Waals surface area contributed by atoms with E-state index in [4.69, 9.17) is 4.55 Å². The summed E-state index contributed by atoms with van der Waals surface area (Å²) >= 11 is 0. The summed E-state index contributed by atoms with van der Waals surface area (Å²) in [5, 5.41) is 12.3. The van der Waals surface area contributed by atoms with E-state index in [1.54, 1.807) is 12.2 Å². The van der Waals surface area contributed by atoms with Gasteiger partial charge in [-0.25, -0.2) is 0 Å². The minimum Gasteiger partial charge on any atom is -0.506 e. The first-order chi connectivity index (χ1) is 7.00. The smallest absolute Gasteiger partial charge is 0.295 e. The first-order valence-corrected chi connectivity index (χ1v) is 5.68. The third kappa shape index (κ3) is 1.69. The zero-order chi connectivity index (χ0) is 11.1. The Morgan fingerprint density at radius 3 is 2.73 bits per heavy atom. The summed E-state index contributed by atoms with van der Waals surface area (Å²) in [6, 6.07) is 2.40. The molecule has 0 amide bonds. The van der Waals surface area contributed by atoms with Crippen LogP contribution in [0.15, 0.2) is 23.1 Å². The molecule has 2 rings (SSSR count). The molecular formula is C9H9NO4S. The zero-order valence-electron chi connectivity index (χ0n) is 7.64. The molecule has 15 heavy (non-hydrogen) atoms. The Bertz CT molecular complexity index is 533. The summed E-state index contributed by atoms with van der Waals surface area (Å²) in [5.74, 6) is -0.0400. The number of benzene rings is 1. The van der Waals surface area contributed by atoms with Gasteiger partial charge < -0.3 is 10.4 Å². The number of hydrogen-bond donors (Lipinski definition) is 3. The van der Waals surface area contributed by atoms with Crippen molar-refractivity contribution in [1.29, 1.82) is 0 Å². The fourth-order valence-corrected chi connectivity index (χ4v) is 2.19. The van der Waals surface area contributed by atoms with E-state index in [9.17, 15) is 13.5 Å². The van der Waals surface area contributed by atoms with Gasteiger partial charge in [0.05, 0.1) is 5.69 Å². The molecule has 1 aliphatic rings. The van der Waals surface area contributed by atoms with E-state index in [1.165, 1.54) is 12.1 Å². The largest absolute Gasteiger partial charge is 0.506 e. The molecule has 1 aromatic carbocycles. The van der Waals surface area contributed by atoms with Crippen LogP contribution in [0.5, 0.6) is 5.75 Å². The number of nitrogens with one attached hydrogen (secondary N) is 1. The van der Waals surface area contributed by atoms with Crippen molar-refractivity contribution < 1.29 is 18.1 Å². The normalized spacial score (nSPS) is 14.5. The fourth-order valence-electron chi connectivity index (χ4n) is 1.50. The highest BCUT2D eigenvalue weighted by Gasteiger charge is 2.20. The lowest BCUT2D eigenvalue weighted by Crippen LogP contribution is -2.09. The Kier molecular flexibility index (Phi) is 2.17. The Balaban J connectivity index is 2.76. The van der Waals surface area contributed by atoms with Crippen LogP contribution in [0.2, 0.25) is 0 Å². The van der Waals surface area contributed by atoms with Gasteiger partial charge in [-0.05, 0) is 12.1 Å². The van der Waals surface area contributed by atoms with Crippen molar-refractivity contribution in [3.05, 3.63) is 23.8 Å². The monoisotopic (exact) mass is 227 g/mol. The number of anilines is 1. The predicted octanol–water partition coefficient (Wildman–Crippen LogP) is 1.08. The first kappa shape index (κ1) is 10.0. The van der Waals surface area contributed by atoms with Crippen molar-refractivity contribution >= 4 is 21.9 Å². The van der Waals surface area contributed by atoms with E-state index < -0.39 is 10.1 Å². The predicted molar refractivity (Wildman–Crippen MR) is 55.4 cm³/mol. The molecule has 1 aromatic rings. The highest BCUT2D eigenvalue weighted by molar-refractivity contribution is 7.86. The second-order valence-electron chi connectivity index (χ2n) is 3.13. The quantitative estimate of drug-likeness (QED) is 0.493. The van der Waals surface area contributed by atoms with Crippen LogP contribution in [-0.4, -0.2) is 24.6 Å². The summed E-state index contributed by atoms with van der Waals surface area (Å²) in [4.78, 5) is -0.209. The lowest BCUT2D eigenvalue weighted by Gasteiger charge is -2.16. The maximum absolute atomic E-state index is 11.0. The van der Waals surface area contributed by atoms with Crippen LogP contribution in [0.25, 0.3) is 6.08 Å². The van der Waals surface area contributed by atoms with Gasteiger partial charge in [0.1, 0.15) is 10.6 Å².